The Balaban J connectivity index is 2.77. The van der Waals surface area contributed by atoms with Gasteiger partial charge >= 0.3 is 0 Å². The zero-order valence-corrected chi connectivity index (χ0v) is 10.3. The summed E-state index contributed by atoms with van der Waals surface area (Å²) in [6.07, 6.45) is 0. The van der Waals surface area contributed by atoms with Crippen LogP contribution >= 0.6 is 11.6 Å². The topological polar surface area (TPSA) is 12.9 Å². The zero-order valence-electron chi connectivity index (χ0n) is 9.51. The van der Waals surface area contributed by atoms with Gasteiger partial charge in [-0.05, 0) is 30.5 Å². The van der Waals surface area contributed by atoms with Crippen LogP contribution in [0.4, 0.5) is 4.39 Å². The molecule has 2 rings (SSSR count). The summed E-state index contributed by atoms with van der Waals surface area (Å²) in [4.78, 5) is 4.41. The van der Waals surface area contributed by atoms with Crippen LogP contribution in [0.3, 0.4) is 0 Å². The number of pyridine rings is 1. The molecule has 0 aliphatic carbocycles. The molecule has 0 unspecified atom stereocenters. The van der Waals surface area contributed by atoms with Crippen LogP contribution in [0.2, 0.25) is 5.02 Å². The van der Waals surface area contributed by atoms with Crippen molar-refractivity contribution in [1.29, 1.82) is 0 Å². The van der Waals surface area contributed by atoms with Crippen LogP contribution in [0.5, 0.6) is 0 Å². The molecule has 1 aromatic heterocycles. The Hall–Kier alpha value is -1.15. The van der Waals surface area contributed by atoms with Crippen LogP contribution in [-0.4, -0.2) is 4.98 Å². The average Bonchev–Trinajstić information content (AvgIpc) is 2.20. The van der Waals surface area contributed by atoms with Gasteiger partial charge in [0.25, 0.3) is 0 Å². The first-order chi connectivity index (χ1) is 7.49. The molecule has 84 valence electrons. The number of fused-ring (bicyclic) bond motifs is 1. The van der Waals surface area contributed by atoms with Crippen molar-refractivity contribution in [3.8, 4) is 0 Å². The summed E-state index contributed by atoms with van der Waals surface area (Å²) in [6.45, 7) is 5.80. The molecule has 1 aromatic carbocycles. The summed E-state index contributed by atoms with van der Waals surface area (Å²) in [5.41, 5.74) is 2.11. The number of rotatable bonds is 1. The monoisotopic (exact) mass is 237 g/mol. The summed E-state index contributed by atoms with van der Waals surface area (Å²) in [7, 11) is 0. The fourth-order valence-electron chi connectivity index (χ4n) is 1.63. The van der Waals surface area contributed by atoms with E-state index in [2.05, 4.69) is 4.98 Å². The third-order valence-electron chi connectivity index (χ3n) is 2.65. The van der Waals surface area contributed by atoms with E-state index in [1.54, 1.807) is 13.0 Å². The van der Waals surface area contributed by atoms with Gasteiger partial charge in [0, 0.05) is 17.1 Å². The van der Waals surface area contributed by atoms with Crippen LogP contribution in [0.25, 0.3) is 10.9 Å². The van der Waals surface area contributed by atoms with Crippen LogP contribution in [0, 0.1) is 12.7 Å². The number of hydrogen-bond donors (Lipinski definition) is 0. The third kappa shape index (κ3) is 1.90. The van der Waals surface area contributed by atoms with Gasteiger partial charge in [-0.2, -0.15) is 0 Å². The minimum Gasteiger partial charge on any atom is -0.252 e. The van der Waals surface area contributed by atoms with Crippen molar-refractivity contribution in [2.75, 3.05) is 0 Å². The number of halogens is 2. The highest BCUT2D eigenvalue weighted by Gasteiger charge is 2.09. The second-order valence-corrected chi connectivity index (χ2v) is 4.71. The van der Waals surface area contributed by atoms with Gasteiger partial charge in [-0.1, -0.05) is 25.4 Å². The van der Waals surface area contributed by atoms with Gasteiger partial charge in [-0.3, -0.25) is 4.98 Å². The molecular weight excluding hydrogens is 225 g/mol. The summed E-state index contributed by atoms with van der Waals surface area (Å²) in [6, 6.07) is 5.04. The predicted molar refractivity (Wildman–Crippen MR) is 65.5 cm³/mol. The van der Waals surface area contributed by atoms with Crippen molar-refractivity contribution >= 4 is 22.5 Å². The number of aryl methyl sites for hydroxylation is 1. The Morgan fingerprint density at radius 1 is 1.25 bits per heavy atom. The summed E-state index contributed by atoms with van der Waals surface area (Å²) < 4.78 is 13.4. The molecule has 0 aliphatic rings. The molecule has 0 saturated heterocycles. The van der Waals surface area contributed by atoms with E-state index >= 15 is 0 Å². The van der Waals surface area contributed by atoms with E-state index in [9.17, 15) is 4.39 Å². The Morgan fingerprint density at radius 3 is 2.56 bits per heavy atom. The molecule has 0 aliphatic heterocycles. The summed E-state index contributed by atoms with van der Waals surface area (Å²) >= 11 is 6.17. The fraction of sp³-hybridized carbons (Fsp3) is 0.308. The average molecular weight is 238 g/mol. The maximum absolute atomic E-state index is 13.4. The van der Waals surface area contributed by atoms with Gasteiger partial charge in [0.1, 0.15) is 5.82 Å². The molecule has 0 fully saturated rings. The standard InChI is InChI=1S/C13H13ClFN/c1-7(2)12-5-10(14)9-4-8(3)11(15)6-13(9)16-12/h4-7H,1-3H3. The lowest BCUT2D eigenvalue weighted by atomic mass is 10.1. The first kappa shape index (κ1) is 11.3. The number of aromatic nitrogens is 1. The Morgan fingerprint density at radius 2 is 1.94 bits per heavy atom. The number of benzene rings is 1. The van der Waals surface area contributed by atoms with Gasteiger partial charge in [-0.25, -0.2) is 4.39 Å². The highest BCUT2D eigenvalue weighted by Crippen LogP contribution is 2.27. The zero-order chi connectivity index (χ0) is 11.9. The Bertz CT molecular complexity index is 549. The largest absolute Gasteiger partial charge is 0.252 e. The molecule has 0 N–H and O–H groups in total. The summed E-state index contributed by atoms with van der Waals surface area (Å²) in [5.74, 6) is 0.0447. The van der Waals surface area contributed by atoms with Gasteiger partial charge in [-0.15, -0.1) is 0 Å². The molecule has 1 nitrogen and oxygen atoms in total. The second-order valence-electron chi connectivity index (χ2n) is 4.30. The second kappa shape index (κ2) is 4.02. The van der Waals surface area contributed by atoms with Crippen LogP contribution in [-0.2, 0) is 0 Å². The molecule has 1 heterocycles. The minimum absolute atomic E-state index is 0.239. The van der Waals surface area contributed by atoms with Crippen LogP contribution < -0.4 is 0 Å². The van der Waals surface area contributed by atoms with Gasteiger partial charge in [0.2, 0.25) is 0 Å². The number of nitrogens with zero attached hydrogens (tertiary/aromatic N) is 1. The smallest absolute Gasteiger partial charge is 0.128 e. The van der Waals surface area contributed by atoms with E-state index < -0.39 is 0 Å². The normalized spacial score (nSPS) is 11.4. The molecule has 0 spiro atoms. The van der Waals surface area contributed by atoms with Crippen molar-refractivity contribution in [1.82, 2.24) is 4.98 Å². The van der Waals surface area contributed by atoms with Gasteiger partial charge < -0.3 is 0 Å². The lowest BCUT2D eigenvalue weighted by molar-refractivity contribution is 0.620. The molecule has 0 bridgehead atoms. The van der Waals surface area contributed by atoms with Gasteiger partial charge in [0.15, 0.2) is 0 Å². The lowest BCUT2D eigenvalue weighted by Crippen LogP contribution is -1.95. The summed E-state index contributed by atoms with van der Waals surface area (Å²) in [5, 5.41) is 1.45. The third-order valence-corrected chi connectivity index (χ3v) is 2.96. The van der Waals surface area contributed by atoms with Crippen molar-refractivity contribution < 1.29 is 4.39 Å². The first-order valence-corrected chi connectivity index (χ1v) is 5.63. The molecule has 0 saturated carbocycles. The molecule has 16 heavy (non-hydrogen) atoms. The molecule has 0 radical (unpaired) electrons. The molecular formula is C13H13ClFN. The van der Waals surface area contributed by atoms with E-state index in [-0.39, 0.29) is 11.7 Å². The SMILES string of the molecule is Cc1cc2c(Cl)cc(C(C)C)nc2cc1F. The molecule has 3 heteroatoms. The van der Waals surface area contributed by atoms with E-state index in [1.807, 2.05) is 19.9 Å². The number of hydrogen-bond acceptors (Lipinski definition) is 1. The maximum atomic E-state index is 13.4. The quantitative estimate of drug-likeness (QED) is 0.714. The highest BCUT2D eigenvalue weighted by atomic mass is 35.5. The predicted octanol–water partition coefficient (Wildman–Crippen LogP) is 4.46. The van der Waals surface area contributed by atoms with Crippen molar-refractivity contribution in [3.05, 3.63) is 40.3 Å². The van der Waals surface area contributed by atoms with Crippen molar-refractivity contribution in [2.45, 2.75) is 26.7 Å². The minimum atomic E-state index is -0.239. The molecule has 2 aromatic rings. The lowest BCUT2D eigenvalue weighted by Gasteiger charge is -2.09. The highest BCUT2D eigenvalue weighted by molar-refractivity contribution is 6.35. The van der Waals surface area contributed by atoms with E-state index in [1.165, 1.54) is 6.07 Å². The van der Waals surface area contributed by atoms with Crippen molar-refractivity contribution in [2.24, 2.45) is 0 Å². The van der Waals surface area contributed by atoms with Gasteiger partial charge in [0.05, 0.1) is 10.5 Å². The van der Waals surface area contributed by atoms with Crippen molar-refractivity contribution in [3.63, 3.8) is 0 Å². The van der Waals surface area contributed by atoms with Crippen LogP contribution in [0.1, 0.15) is 31.0 Å². The Kier molecular flexibility index (Phi) is 2.85. The Labute approximate surface area is 99.3 Å². The fourth-order valence-corrected chi connectivity index (χ4v) is 1.89. The molecule has 0 amide bonds. The first-order valence-electron chi connectivity index (χ1n) is 5.25. The van der Waals surface area contributed by atoms with E-state index in [0.29, 0.717) is 16.1 Å². The van der Waals surface area contributed by atoms with E-state index in [4.69, 9.17) is 11.6 Å². The van der Waals surface area contributed by atoms with E-state index in [0.717, 1.165) is 11.1 Å². The maximum Gasteiger partial charge on any atom is 0.128 e. The molecule has 0 atom stereocenters. The van der Waals surface area contributed by atoms with Crippen LogP contribution in [0.15, 0.2) is 18.2 Å².